The third-order valence-electron chi connectivity index (χ3n) is 7.30. The van der Waals surface area contributed by atoms with E-state index in [4.69, 9.17) is 0 Å². The average Bonchev–Trinajstić information content (AvgIpc) is 3.23. The Balaban J connectivity index is 1.50. The van der Waals surface area contributed by atoms with E-state index < -0.39 is 0 Å². The van der Waals surface area contributed by atoms with Gasteiger partial charge in [0.1, 0.15) is 5.82 Å². The number of hydrogen-bond acceptors (Lipinski definition) is 1. The monoisotopic (exact) mass is 468 g/mol. The summed E-state index contributed by atoms with van der Waals surface area (Å²) in [5, 5.41) is 4.42. The number of carbonyl (C=O) groups excluding carboxylic acids is 1. The summed E-state index contributed by atoms with van der Waals surface area (Å²) in [4.78, 5) is 13.2. The molecule has 0 bridgehead atoms. The summed E-state index contributed by atoms with van der Waals surface area (Å²) in [6, 6.07) is 23.9. The van der Waals surface area contributed by atoms with Crippen LogP contribution in [0.15, 0.2) is 79.0 Å². The molecule has 4 heteroatoms. The van der Waals surface area contributed by atoms with Gasteiger partial charge in [-0.15, -0.1) is 0 Å². The van der Waals surface area contributed by atoms with E-state index in [1.165, 1.54) is 42.5 Å². The third-order valence-corrected chi connectivity index (χ3v) is 7.30. The maximum Gasteiger partial charge on any atom is 0.221 e. The predicted octanol–water partition coefficient (Wildman–Crippen LogP) is 7.11. The Morgan fingerprint density at radius 1 is 0.971 bits per heavy atom. The Labute approximate surface area is 207 Å². The van der Waals surface area contributed by atoms with Crippen LogP contribution in [-0.4, -0.2) is 16.5 Å². The van der Waals surface area contributed by atoms with Crippen molar-refractivity contribution in [2.75, 3.05) is 0 Å². The van der Waals surface area contributed by atoms with E-state index in [0.29, 0.717) is 6.42 Å². The minimum atomic E-state index is -0.263. The standard InChI is InChI=1S/C31H33FN2O/c1-22-11-13-23(14-12-22)20-34-21-29(27-9-5-6-10-30(27)34)28(24-15-17-25(32)18-16-24)19-31(35)33-26-7-3-2-4-8-26/h5-6,9-18,21,26,28H,2-4,7-8,19-20H2,1H3,(H,33,35)/t28-/m1/s1. The number of rotatable bonds is 7. The first kappa shape index (κ1) is 23.3. The number of benzene rings is 3. The molecule has 1 saturated carbocycles. The van der Waals surface area contributed by atoms with E-state index in [1.807, 2.05) is 18.2 Å². The highest BCUT2D eigenvalue weighted by Crippen LogP contribution is 2.35. The van der Waals surface area contributed by atoms with Crippen LogP contribution in [0.25, 0.3) is 10.9 Å². The first-order valence-corrected chi connectivity index (χ1v) is 12.7. The molecule has 0 spiro atoms. The first-order chi connectivity index (χ1) is 17.1. The smallest absolute Gasteiger partial charge is 0.221 e. The van der Waals surface area contributed by atoms with Gasteiger partial charge in [-0.1, -0.05) is 79.4 Å². The molecule has 1 aliphatic carbocycles. The summed E-state index contributed by atoms with van der Waals surface area (Å²) < 4.78 is 16.0. The molecule has 1 N–H and O–H groups in total. The molecule has 180 valence electrons. The number of para-hydroxylation sites is 1. The van der Waals surface area contributed by atoms with Crippen molar-refractivity contribution in [3.05, 3.63) is 107 Å². The summed E-state index contributed by atoms with van der Waals surface area (Å²) in [6.07, 6.45) is 8.27. The zero-order valence-corrected chi connectivity index (χ0v) is 20.3. The molecule has 5 rings (SSSR count). The molecule has 1 aromatic heterocycles. The number of fused-ring (bicyclic) bond motifs is 1. The Hall–Kier alpha value is -3.40. The molecular weight excluding hydrogens is 435 g/mol. The van der Waals surface area contributed by atoms with Crippen LogP contribution in [0, 0.1) is 12.7 Å². The van der Waals surface area contributed by atoms with Gasteiger partial charge in [0.2, 0.25) is 5.91 Å². The lowest BCUT2D eigenvalue weighted by molar-refractivity contribution is -0.122. The SMILES string of the molecule is Cc1ccc(Cn2cc([C@H](CC(=O)NC3CCCCC3)c3ccc(F)cc3)c3ccccc32)cc1. The van der Waals surface area contributed by atoms with Crippen LogP contribution in [0.3, 0.4) is 0 Å². The Morgan fingerprint density at radius 3 is 2.43 bits per heavy atom. The predicted molar refractivity (Wildman–Crippen MR) is 140 cm³/mol. The molecule has 35 heavy (non-hydrogen) atoms. The van der Waals surface area contributed by atoms with E-state index in [0.717, 1.165) is 41.4 Å². The summed E-state index contributed by atoms with van der Waals surface area (Å²) in [7, 11) is 0. The average molecular weight is 469 g/mol. The van der Waals surface area contributed by atoms with Crippen molar-refractivity contribution in [2.45, 2.75) is 64.0 Å². The van der Waals surface area contributed by atoms with Crippen molar-refractivity contribution in [3.63, 3.8) is 0 Å². The molecule has 3 aromatic carbocycles. The van der Waals surface area contributed by atoms with E-state index >= 15 is 0 Å². The zero-order valence-electron chi connectivity index (χ0n) is 20.3. The third kappa shape index (κ3) is 5.48. The van der Waals surface area contributed by atoms with Crippen molar-refractivity contribution in [2.24, 2.45) is 0 Å². The second-order valence-electron chi connectivity index (χ2n) is 9.93. The fourth-order valence-corrected chi connectivity index (χ4v) is 5.40. The van der Waals surface area contributed by atoms with E-state index in [2.05, 4.69) is 65.5 Å². The van der Waals surface area contributed by atoms with Gasteiger partial charge in [-0.3, -0.25) is 4.79 Å². The minimum Gasteiger partial charge on any atom is -0.353 e. The maximum absolute atomic E-state index is 13.8. The van der Waals surface area contributed by atoms with Gasteiger partial charge in [-0.05, 0) is 54.7 Å². The van der Waals surface area contributed by atoms with Crippen LogP contribution in [0.2, 0.25) is 0 Å². The quantitative estimate of drug-likeness (QED) is 0.308. The van der Waals surface area contributed by atoms with Crippen LogP contribution in [0.4, 0.5) is 4.39 Å². The lowest BCUT2D eigenvalue weighted by Gasteiger charge is -2.24. The largest absolute Gasteiger partial charge is 0.353 e. The van der Waals surface area contributed by atoms with E-state index in [-0.39, 0.29) is 23.7 Å². The van der Waals surface area contributed by atoms with Gasteiger partial charge in [0.05, 0.1) is 0 Å². The lowest BCUT2D eigenvalue weighted by atomic mass is 9.87. The fraction of sp³-hybridized carbons (Fsp3) is 0.323. The Morgan fingerprint density at radius 2 is 1.69 bits per heavy atom. The van der Waals surface area contributed by atoms with Crippen molar-refractivity contribution in [1.29, 1.82) is 0 Å². The molecule has 1 amide bonds. The molecule has 1 fully saturated rings. The van der Waals surface area contributed by atoms with E-state index in [9.17, 15) is 9.18 Å². The first-order valence-electron chi connectivity index (χ1n) is 12.7. The van der Waals surface area contributed by atoms with Crippen LogP contribution in [0.1, 0.15) is 66.7 Å². The van der Waals surface area contributed by atoms with Gasteiger partial charge in [0.15, 0.2) is 0 Å². The molecule has 1 aliphatic rings. The van der Waals surface area contributed by atoms with Gasteiger partial charge in [-0.2, -0.15) is 0 Å². The lowest BCUT2D eigenvalue weighted by Crippen LogP contribution is -2.36. The van der Waals surface area contributed by atoms with Crippen molar-refractivity contribution < 1.29 is 9.18 Å². The van der Waals surface area contributed by atoms with E-state index in [1.54, 1.807) is 0 Å². The van der Waals surface area contributed by atoms with Crippen LogP contribution in [-0.2, 0) is 11.3 Å². The molecule has 3 nitrogen and oxygen atoms in total. The molecule has 0 unspecified atom stereocenters. The Bertz CT molecular complexity index is 1280. The molecule has 0 radical (unpaired) electrons. The second kappa shape index (κ2) is 10.5. The normalized spacial score (nSPS) is 15.3. The zero-order chi connectivity index (χ0) is 24.2. The molecule has 1 heterocycles. The summed E-state index contributed by atoms with van der Waals surface area (Å²) in [6.45, 7) is 2.85. The number of hydrogen-bond donors (Lipinski definition) is 1. The molecule has 1 atom stereocenters. The summed E-state index contributed by atoms with van der Waals surface area (Å²) in [5.74, 6) is -0.342. The Kier molecular flexibility index (Phi) is 6.98. The molecular formula is C31H33FN2O. The van der Waals surface area contributed by atoms with Crippen LogP contribution >= 0.6 is 0 Å². The number of aryl methyl sites for hydroxylation is 1. The van der Waals surface area contributed by atoms with Crippen LogP contribution < -0.4 is 5.32 Å². The molecule has 4 aromatic rings. The topological polar surface area (TPSA) is 34.0 Å². The van der Waals surface area contributed by atoms with Crippen molar-refractivity contribution in [1.82, 2.24) is 9.88 Å². The van der Waals surface area contributed by atoms with Crippen LogP contribution in [0.5, 0.6) is 0 Å². The number of amides is 1. The number of halogens is 1. The van der Waals surface area contributed by atoms with Gasteiger partial charge in [0.25, 0.3) is 0 Å². The number of aromatic nitrogens is 1. The van der Waals surface area contributed by atoms with Crippen molar-refractivity contribution in [3.8, 4) is 0 Å². The van der Waals surface area contributed by atoms with Gasteiger partial charge in [-0.25, -0.2) is 4.39 Å². The van der Waals surface area contributed by atoms with Gasteiger partial charge >= 0.3 is 0 Å². The number of nitrogens with zero attached hydrogens (tertiary/aromatic N) is 1. The minimum absolute atomic E-state index is 0.0709. The van der Waals surface area contributed by atoms with Gasteiger partial charge in [0, 0.05) is 42.0 Å². The summed E-state index contributed by atoms with van der Waals surface area (Å²) in [5.41, 5.74) is 5.69. The number of carbonyl (C=O) groups is 1. The van der Waals surface area contributed by atoms with Gasteiger partial charge < -0.3 is 9.88 Å². The highest BCUT2D eigenvalue weighted by atomic mass is 19.1. The maximum atomic E-state index is 13.8. The van der Waals surface area contributed by atoms with Crippen molar-refractivity contribution >= 4 is 16.8 Å². The highest BCUT2D eigenvalue weighted by molar-refractivity contribution is 5.87. The number of nitrogens with one attached hydrogen (secondary N) is 1. The fourth-order valence-electron chi connectivity index (χ4n) is 5.40. The highest BCUT2D eigenvalue weighted by Gasteiger charge is 2.24. The molecule has 0 aliphatic heterocycles. The molecule has 0 saturated heterocycles. The second-order valence-corrected chi connectivity index (χ2v) is 9.93. The summed E-state index contributed by atoms with van der Waals surface area (Å²) >= 11 is 0.